The summed E-state index contributed by atoms with van der Waals surface area (Å²) in [6, 6.07) is 14.1. The number of pyridine rings is 1. The van der Waals surface area contributed by atoms with Crippen LogP contribution in [-0.4, -0.2) is 50.3 Å². The molecule has 3 rings (SSSR count). The molecule has 31 heavy (non-hydrogen) atoms. The van der Waals surface area contributed by atoms with Crippen LogP contribution in [-0.2, 0) is 14.9 Å². The van der Waals surface area contributed by atoms with E-state index in [1.54, 1.807) is 24.5 Å². The van der Waals surface area contributed by atoms with Crippen molar-refractivity contribution in [3.05, 3.63) is 54.2 Å². The Balaban J connectivity index is 0.000000262. The minimum Gasteiger partial charge on any atom is -0.480 e. The van der Waals surface area contributed by atoms with E-state index >= 15 is 0 Å². The minimum absolute atomic E-state index is 0.224. The molecule has 1 fully saturated rings. The molecule has 0 saturated heterocycles. The van der Waals surface area contributed by atoms with Crippen LogP contribution in [0.1, 0.15) is 32.8 Å². The number of carbonyl (C=O) groups excluding carboxylic acids is 1. The third-order valence-electron chi connectivity index (χ3n) is 5.20. The van der Waals surface area contributed by atoms with Crippen LogP contribution in [0, 0.1) is 5.92 Å². The molecule has 0 aliphatic heterocycles. The number of carbonyl (C=O) groups is 1. The highest BCUT2D eigenvalue weighted by atomic mass is 16.5. The van der Waals surface area contributed by atoms with Gasteiger partial charge in [0.05, 0.1) is 20.3 Å². The van der Waals surface area contributed by atoms with Gasteiger partial charge in [0.25, 0.3) is 0 Å². The number of anilines is 1. The fraction of sp³-hybridized carbons (Fsp3) is 0.417. The molecular formula is C24H32N4O3. The Morgan fingerprint density at radius 1 is 1.29 bits per heavy atom. The maximum Gasteiger partial charge on any atom is 0.237 e. The predicted octanol–water partition coefficient (Wildman–Crippen LogP) is 4.15. The smallest absolute Gasteiger partial charge is 0.237 e. The molecule has 1 aromatic carbocycles. The van der Waals surface area contributed by atoms with E-state index < -0.39 is 0 Å². The molecule has 7 heteroatoms. The Bertz CT molecular complexity index is 870. The normalized spacial score (nSPS) is 20.0. The lowest BCUT2D eigenvalue weighted by atomic mass is 9.94. The summed E-state index contributed by atoms with van der Waals surface area (Å²) < 4.78 is 10.7. The van der Waals surface area contributed by atoms with Crippen molar-refractivity contribution in [3.8, 4) is 5.88 Å². The molecule has 2 aromatic rings. The van der Waals surface area contributed by atoms with Gasteiger partial charge in [-0.3, -0.25) is 9.79 Å². The van der Waals surface area contributed by atoms with E-state index in [4.69, 9.17) is 9.47 Å². The highest BCUT2D eigenvalue weighted by Gasteiger charge is 2.52. The topological polar surface area (TPSA) is 85.2 Å². The molecule has 166 valence electrons. The molecule has 1 saturated carbocycles. The second-order valence-corrected chi connectivity index (χ2v) is 7.30. The average molecular weight is 425 g/mol. The van der Waals surface area contributed by atoms with Crippen LogP contribution in [0.2, 0.25) is 0 Å². The quantitative estimate of drug-likeness (QED) is 0.284. The molecule has 0 radical (unpaired) electrons. The summed E-state index contributed by atoms with van der Waals surface area (Å²) in [4.78, 5) is 22.4. The van der Waals surface area contributed by atoms with Gasteiger partial charge in [0.15, 0.2) is 0 Å². The molecule has 1 aromatic heterocycles. The minimum atomic E-state index is 0.224. The van der Waals surface area contributed by atoms with Gasteiger partial charge in [-0.2, -0.15) is 0 Å². The molecule has 0 bridgehead atoms. The van der Waals surface area contributed by atoms with Crippen molar-refractivity contribution in [2.24, 2.45) is 15.9 Å². The number of benzene rings is 1. The molecular weight excluding hydrogens is 392 g/mol. The third-order valence-corrected chi connectivity index (χ3v) is 5.20. The summed E-state index contributed by atoms with van der Waals surface area (Å²) in [6.07, 6.45) is 5.19. The van der Waals surface area contributed by atoms with Crippen molar-refractivity contribution in [1.29, 1.82) is 0 Å². The first-order valence-electron chi connectivity index (χ1n) is 10.4. The number of ether oxygens (including phenoxy) is 2. The van der Waals surface area contributed by atoms with Crippen molar-refractivity contribution in [3.63, 3.8) is 0 Å². The van der Waals surface area contributed by atoms with Crippen molar-refractivity contribution < 1.29 is 14.3 Å². The number of nitrogens with zero attached hydrogens (tertiary/aromatic N) is 3. The van der Waals surface area contributed by atoms with Crippen LogP contribution in [0.15, 0.2) is 58.6 Å². The molecule has 1 aliphatic carbocycles. The van der Waals surface area contributed by atoms with Gasteiger partial charge in [0, 0.05) is 24.4 Å². The number of nitrogens with one attached hydrogen (secondary N) is 1. The summed E-state index contributed by atoms with van der Waals surface area (Å²) in [6.45, 7) is 8.31. The first kappa shape index (κ1) is 24.2. The number of rotatable bonds is 9. The van der Waals surface area contributed by atoms with Gasteiger partial charge in [-0.05, 0) is 43.9 Å². The lowest BCUT2D eigenvalue weighted by Gasteiger charge is -2.16. The lowest BCUT2D eigenvalue weighted by Crippen LogP contribution is -2.18. The summed E-state index contributed by atoms with van der Waals surface area (Å²) in [5.41, 5.74) is 2.19. The van der Waals surface area contributed by atoms with Gasteiger partial charge in [-0.25, -0.2) is 9.98 Å². The maximum atomic E-state index is 10.0. The Hall–Kier alpha value is -3.06. The van der Waals surface area contributed by atoms with E-state index in [0.717, 1.165) is 19.0 Å². The van der Waals surface area contributed by atoms with Gasteiger partial charge < -0.3 is 14.8 Å². The molecule has 7 nitrogen and oxygen atoms in total. The van der Waals surface area contributed by atoms with E-state index in [-0.39, 0.29) is 5.41 Å². The fourth-order valence-corrected chi connectivity index (χ4v) is 3.40. The number of amides is 1. The van der Waals surface area contributed by atoms with Gasteiger partial charge in [-0.15, -0.1) is 0 Å². The Morgan fingerprint density at radius 2 is 2.03 bits per heavy atom. The zero-order valence-corrected chi connectivity index (χ0v) is 18.7. The van der Waals surface area contributed by atoms with Crippen molar-refractivity contribution in [2.45, 2.75) is 32.6 Å². The summed E-state index contributed by atoms with van der Waals surface area (Å²) in [5, 5.41) is 2.46. The molecule has 1 amide bonds. The SMILES string of the molecule is CCN=C(C)N=CCOC[C@@]1(c2ccccc2)CC1C.COc1ncccc1NC=O. The van der Waals surface area contributed by atoms with Crippen LogP contribution in [0.5, 0.6) is 5.88 Å². The zero-order valence-electron chi connectivity index (χ0n) is 18.7. The third kappa shape index (κ3) is 7.29. The Morgan fingerprint density at radius 3 is 2.65 bits per heavy atom. The summed E-state index contributed by atoms with van der Waals surface area (Å²) in [5.74, 6) is 1.93. The molecule has 0 spiro atoms. The maximum absolute atomic E-state index is 10.0. The van der Waals surface area contributed by atoms with Crippen LogP contribution >= 0.6 is 0 Å². The molecule has 1 unspecified atom stereocenters. The van der Waals surface area contributed by atoms with Crippen LogP contribution < -0.4 is 10.1 Å². The second kappa shape index (κ2) is 12.6. The molecule has 1 aliphatic rings. The van der Waals surface area contributed by atoms with E-state index in [1.807, 2.05) is 13.8 Å². The van der Waals surface area contributed by atoms with Crippen molar-refractivity contribution >= 4 is 24.1 Å². The summed E-state index contributed by atoms with van der Waals surface area (Å²) in [7, 11) is 1.50. The van der Waals surface area contributed by atoms with Crippen LogP contribution in [0.25, 0.3) is 0 Å². The number of aromatic nitrogens is 1. The van der Waals surface area contributed by atoms with Gasteiger partial charge in [-0.1, -0.05) is 37.3 Å². The van der Waals surface area contributed by atoms with Crippen LogP contribution in [0.3, 0.4) is 0 Å². The highest BCUT2D eigenvalue weighted by Crippen LogP contribution is 2.54. The molecule has 1 heterocycles. The van der Waals surface area contributed by atoms with E-state index in [9.17, 15) is 4.79 Å². The first-order chi connectivity index (χ1) is 15.1. The van der Waals surface area contributed by atoms with E-state index in [0.29, 0.717) is 30.5 Å². The number of methoxy groups -OCH3 is 1. The van der Waals surface area contributed by atoms with Gasteiger partial charge in [0.1, 0.15) is 11.5 Å². The zero-order chi connectivity index (χ0) is 22.5. The van der Waals surface area contributed by atoms with Gasteiger partial charge in [0.2, 0.25) is 12.3 Å². The van der Waals surface area contributed by atoms with Crippen LogP contribution in [0.4, 0.5) is 5.69 Å². The van der Waals surface area contributed by atoms with Gasteiger partial charge >= 0.3 is 0 Å². The van der Waals surface area contributed by atoms with Crippen molar-refractivity contribution in [1.82, 2.24) is 4.98 Å². The number of aliphatic imine (C=N–C) groups is 2. The largest absolute Gasteiger partial charge is 0.480 e. The lowest BCUT2D eigenvalue weighted by molar-refractivity contribution is -0.105. The number of hydrogen-bond donors (Lipinski definition) is 1. The molecule has 1 N–H and O–H groups in total. The first-order valence-corrected chi connectivity index (χ1v) is 10.4. The number of amidine groups is 1. The average Bonchev–Trinajstić information content (AvgIpc) is 3.46. The summed E-state index contributed by atoms with van der Waals surface area (Å²) >= 11 is 0. The van der Waals surface area contributed by atoms with E-state index in [1.165, 1.54) is 19.1 Å². The Kier molecular flexibility index (Phi) is 9.84. The monoisotopic (exact) mass is 424 g/mol. The second-order valence-electron chi connectivity index (χ2n) is 7.30. The standard InChI is InChI=1S/C17H24N2O.C7H8N2O2/c1-4-18-15(3)19-10-11-20-13-17(12-14(17)2)16-8-6-5-7-9-16;1-11-7-6(9-5-10)3-2-4-8-7/h5-10,14H,4,11-13H2,1-3H3;2-5H,1H3,(H,9,10)/t14?,17-;/m0./s1. The number of hydrogen-bond acceptors (Lipinski definition) is 5. The fourth-order valence-electron chi connectivity index (χ4n) is 3.40. The predicted molar refractivity (Wildman–Crippen MR) is 125 cm³/mol. The molecule has 2 atom stereocenters. The Labute approximate surface area is 184 Å². The highest BCUT2D eigenvalue weighted by molar-refractivity contribution is 5.87. The van der Waals surface area contributed by atoms with Crippen molar-refractivity contribution in [2.75, 3.05) is 32.2 Å². The van der Waals surface area contributed by atoms with E-state index in [2.05, 4.69) is 57.5 Å².